The SMILES string of the molecule is CCCOc1cncc(C2CCC(Cl)C2)c1. The molecular formula is C13H18ClNO. The first-order valence-electron chi connectivity index (χ1n) is 6.01. The van der Waals surface area contributed by atoms with Crippen LogP contribution >= 0.6 is 11.6 Å². The summed E-state index contributed by atoms with van der Waals surface area (Å²) in [6.45, 7) is 2.86. The fourth-order valence-corrected chi connectivity index (χ4v) is 2.53. The van der Waals surface area contributed by atoms with Crippen molar-refractivity contribution in [3.63, 3.8) is 0 Å². The standard InChI is InChI=1S/C13H18ClNO/c1-2-5-16-13-7-11(8-15-9-13)10-3-4-12(14)6-10/h7-10,12H,2-6H2,1H3. The van der Waals surface area contributed by atoms with Gasteiger partial charge in [-0.1, -0.05) is 6.92 Å². The van der Waals surface area contributed by atoms with E-state index >= 15 is 0 Å². The zero-order valence-corrected chi connectivity index (χ0v) is 10.4. The number of hydrogen-bond donors (Lipinski definition) is 0. The molecule has 3 heteroatoms. The van der Waals surface area contributed by atoms with Gasteiger partial charge in [0.05, 0.1) is 12.8 Å². The Morgan fingerprint density at radius 1 is 1.44 bits per heavy atom. The van der Waals surface area contributed by atoms with Crippen molar-refractivity contribution in [3.8, 4) is 5.75 Å². The van der Waals surface area contributed by atoms with Gasteiger partial charge in [-0.2, -0.15) is 0 Å². The highest BCUT2D eigenvalue weighted by Crippen LogP contribution is 2.37. The van der Waals surface area contributed by atoms with Crippen molar-refractivity contribution in [2.24, 2.45) is 0 Å². The molecule has 0 aliphatic heterocycles. The zero-order valence-electron chi connectivity index (χ0n) is 9.66. The van der Waals surface area contributed by atoms with Crippen molar-refractivity contribution < 1.29 is 4.74 Å². The second kappa shape index (κ2) is 5.53. The van der Waals surface area contributed by atoms with E-state index in [0.717, 1.165) is 31.6 Å². The molecule has 16 heavy (non-hydrogen) atoms. The number of alkyl halides is 1. The minimum atomic E-state index is 0.338. The molecule has 0 spiro atoms. The van der Waals surface area contributed by atoms with Gasteiger partial charge in [0.2, 0.25) is 0 Å². The molecular weight excluding hydrogens is 222 g/mol. The van der Waals surface area contributed by atoms with Crippen molar-refractivity contribution in [2.45, 2.75) is 43.9 Å². The Morgan fingerprint density at radius 2 is 2.31 bits per heavy atom. The normalized spacial score (nSPS) is 24.6. The monoisotopic (exact) mass is 239 g/mol. The molecule has 1 saturated carbocycles. The molecule has 1 fully saturated rings. The maximum Gasteiger partial charge on any atom is 0.137 e. The zero-order chi connectivity index (χ0) is 11.4. The van der Waals surface area contributed by atoms with E-state index in [2.05, 4.69) is 18.0 Å². The van der Waals surface area contributed by atoms with E-state index in [4.69, 9.17) is 16.3 Å². The molecule has 0 saturated heterocycles. The van der Waals surface area contributed by atoms with Gasteiger partial charge < -0.3 is 4.74 Å². The number of halogens is 1. The molecule has 1 heterocycles. The first-order valence-corrected chi connectivity index (χ1v) is 6.45. The number of nitrogens with zero attached hydrogens (tertiary/aromatic N) is 1. The minimum absolute atomic E-state index is 0.338. The Morgan fingerprint density at radius 3 is 3.00 bits per heavy atom. The first kappa shape index (κ1) is 11.7. The van der Waals surface area contributed by atoms with E-state index < -0.39 is 0 Å². The minimum Gasteiger partial charge on any atom is -0.492 e. The lowest BCUT2D eigenvalue weighted by Gasteiger charge is -2.11. The van der Waals surface area contributed by atoms with Crippen LogP contribution in [-0.4, -0.2) is 17.0 Å². The fraction of sp³-hybridized carbons (Fsp3) is 0.615. The summed E-state index contributed by atoms with van der Waals surface area (Å²) in [4.78, 5) is 4.24. The number of rotatable bonds is 4. The topological polar surface area (TPSA) is 22.1 Å². The van der Waals surface area contributed by atoms with Crippen LogP contribution in [0.25, 0.3) is 0 Å². The van der Waals surface area contributed by atoms with Crippen LogP contribution in [0.2, 0.25) is 0 Å². The number of hydrogen-bond acceptors (Lipinski definition) is 2. The second-order valence-electron chi connectivity index (χ2n) is 4.41. The Kier molecular flexibility index (Phi) is 4.05. The molecule has 1 aliphatic carbocycles. The van der Waals surface area contributed by atoms with Crippen molar-refractivity contribution in [2.75, 3.05) is 6.61 Å². The number of aromatic nitrogens is 1. The van der Waals surface area contributed by atoms with Gasteiger partial charge in [0.25, 0.3) is 0 Å². The van der Waals surface area contributed by atoms with Gasteiger partial charge in [0, 0.05) is 11.6 Å². The maximum absolute atomic E-state index is 6.13. The van der Waals surface area contributed by atoms with E-state index in [1.165, 1.54) is 12.0 Å². The van der Waals surface area contributed by atoms with Gasteiger partial charge in [0.15, 0.2) is 0 Å². The predicted octanol–water partition coefficient (Wildman–Crippen LogP) is 3.75. The van der Waals surface area contributed by atoms with Crippen molar-refractivity contribution >= 4 is 11.6 Å². The third-order valence-corrected chi connectivity index (χ3v) is 3.44. The Labute approximate surface area is 102 Å². The van der Waals surface area contributed by atoms with Gasteiger partial charge in [0.1, 0.15) is 5.75 Å². The third-order valence-electron chi connectivity index (χ3n) is 3.05. The van der Waals surface area contributed by atoms with Crippen LogP contribution in [0, 0.1) is 0 Å². The van der Waals surface area contributed by atoms with Crippen LogP contribution in [0.3, 0.4) is 0 Å². The maximum atomic E-state index is 6.13. The molecule has 0 bridgehead atoms. The van der Waals surface area contributed by atoms with Crippen LogP contribution in [0.5, 0.6) is 5.75 Å². The number of pyridine rings is 1. The molecule has 1 aliphatic rings. The molecule has 2 atom stereocenters. The molecule has 88 valence electrons. The van der Waals surface area contributed by atoms with Gasteiger partial charge in [-0.15, -0.1) is 11.6 Å². The lowest BCUT2D eigenvalue weighted by Crippen LogP contribution is -1.99. The molecule has 0 radical (unpaired) electrons. The molecule has 0 N–H and O–H groups in total. The number of ether oxygens (including phenoxy) is 1. The Bertz CT molecular complexity index is 342. The van der Waals surface area contributed by atoms with E-state index in [-0.39, 0.29) is 0 Å². The Balaban J connectivity index is 2.04. The van der Waals surface area contributed by atoms with E-state index in [0.29, 0.717) is 11.3 Å². The largest absolute Gasteiger partial charge is 0.492 e. The fourth-order valence-electron chi connectivity index (χ4n) is 2.19. The van der Waals surface area contributed by atoms with E-state index in [9.17, 15) is 0 Å². The van der Waals surface area contributed by atoms with Crippen LogP contribution in [0.4, 0.5) is 0 Å². The highest BCUT2D eigenvalue weighted by Gasteiger charge is 2.24. The second-order valence-corrected chi connectivity index (χ2v) is 5.03. The summed E-state index contributed by atoms with van der Waals surface area (Å²) in [5.41, 5.74) is 1.27. The molecule has 2 nitrogen and oxygen atoms in total. The third kappa shape index (κ3) is 2.88. The van der Waals surface area contributed by atoms with Crippen LogP contribution < -0.4 is 4.74 Å². The van der Waals surface area contributed by atoms with Crippen molar-refractivity contribution in [1.29, 1.82) is 0 Å². The van der Waals surface area contributed by atoms with Gasteiger partial charge in [-0.25, -0.2) is 0 Å². The highest BCUT2D eigenvalue weighted by molar-refractivity contribution is 6.20. The van der Waals surface area contributed by atoms with Crippen molar-refractivity contribution in [1.82, 2.24) is 4.98 Å². The summed E-state index contributed by atoms with van der Waals surface area (Å²) in [6.07, 6.45) is 8.11. The molecule has 0 aromatic carbocycles. The average Bonchev–Trinajstić information content (AvgIpc) is 2.74. The molecule has 2 unspecified atom stereocenters. The Hall–Kier alpha value is -0.760. The average molecular weight is 240 g/mol. The molecule has 1 aromatic rings. The summed E-state index contributed by atoms with van der Waals surface area (Å²) < 4.78 is 5.59. The summed E-state index contributed by atoms with van der Waals surface area (Å²) in [5, 5.41) is 0.338. The summed E-state index contributed by atoms with van der Waals surface area (Å²) in [7, 11) is 0. The van der Waals surface area contributed by atoms with Crippen LogP contribution in [-0.2, 0) is 0 Å². The van der Waals surface area contributed by atoms with E-state index in [1.54, 1.807) is 6.20 Å². The lowest BCUT2D eigenvalue weighted by atomic mass is 10.00. The predicted molar refractivity (Wildman–Crippen MR) is 66.3 cm³/mol. The van der Waals surface area contributed by atoms with Crippen LogP contribution in [0.15, 0.2) is 18.5 Å². The quantitative estimate of drug-likeness (QED) is 0.747. The summed E-state index contributed by atoms with van der Waals surface area (Å²) in [6, 6.07) is 2.11. The highest BCUT2D eigenvalue weighted by atomic mass is 35.5. The van der Waals surface area contributed by atoms with Gasteiger partial charge in [-0.05, 0) is 43.2 Å². The molecule has 0 amide bonds. The van der Waals surface area contributed by atoms with Crippen molar-refractivity contribution in [3.05, 3.63) is 24.0 Å². The lowest BCUT2D eigenvalue weighted by molar-refractivity contribution is 0.315. The van der Waals surface area contributed by atoms with Gasteiger partial charge >= 0.3 is 0 Å². The molecule has 1 aromatic heterocycles. The molecule has 2 rings (SSSR count). The van der Waals surface area contributed by atoms with E-state index in [1.807, 2.05) is 6.20 Å². The summed E-state index contributed by atoms with van der Waals surface area (Å²) >= 11 is 6.13. The summed E-state index contributed by atoms with van der Waals surface area (Å²) in [5.74, 6) is 1.46. The van der Waals surface area contributed by atoms with Crippen LogP contribution in [0.1, 0.15) is 44.1 Å². The first-order chi connectivity index (χ1) is 7.79. The van der Waals surface area contributed by atoms with Gasteiger partial charge in [-0.3, -0.25) is 4.98 Å². The smallest absolute Gasteiger partial charge is 0.137 e.